The van der Waals surface area contributed by atoms with E-state index in [0.29, 0.717) is 17.5 Å². The summed E-state index contributed by atoms with van der Waals surface area (Å²) in [5, 5.41) is 10.1. The fraction of sp³-hybridized carbons (Fsp3) is 0.621. The lowest BCUT2D eigenvalue weighted by atomic mass is 9.81. The number of carboxylic acid groups (broad SMARTS) is 1. The second-order valence-electron chi connectivity index (χ2n) is 11.6. The van der Waals surface area contributed by atoms with Crippen LogP contribution in [0.25, 0.3) is 0 Å². The van der Waals surface area contributed by atoms with Gasteiger partial charge >= 0.3 is 5.97 Å². The third-order valence-electron chi connectivity index (χ3n) is 7.74. The Hall–Kier alpha value is -2.61. The molecule has 0 spiro atoms. The topological polar surface area (TPSA) is 89.0 Å². The van der Waals surface area contributed by atoms with Gasteiger partial charge in [0.05, 0.1) is 18.9 Å². The first-order valence-corrected chi connectivity index (χ1v) is 14.3. The highest BCUT2D eigenvalue weighted by atomic mass is 32.1. The molecule has 2 aliphatic rings. The number of methoxy groups -OCH3 is 1. The normalized spacial score (nSPS) is 24.4. The van der Waals surface area contributed by atoms with Crippen molar-refractivity contribution in [3.63, 3.8) is 0 Å². The fourth-order valence-corrected chi connectivity index (χ4v) is 6.52. The molecule has 8 heteroatoms. The second kappa shape index (κ2) is 11.4. The van der Waals surface area contributed by atoms with Crippen molar-refractivity contribution in [2.75, 3.05) is 12.0 Å². The molecule has 2 aliphatic carbocycles. The summed E-state index contributed by atoms with van der Waals surface area (Å²) in [5.41, 5.74) is 0.383. The summed E-state index contributed by atoms with van der Waals surface area (Å²) < 4.78 is 11.4. The fourth-order valence-electron chi connectivity index (χ4n) is 5.47. The molecule has 0 atom stereocenters. The minimum Gasteiger partial charge on any atom is -0.490 e. The van der Waals surface area contributed by atoms with Gasteiger partial charge in [-0.1, -0.05) is 27.7 Å². The van der Waals surface area contributed by atoms with Gasteiger partial charge in [-0.2, -0.15) is 0 Å². The van der Waals surface area contributed by atoms with Crippen molar-refractivity contribution < 1.29 is 24.2 Å². The summed E-state index contributed by atoms with van der Waals surface area (Å²) in [7, 11) is 1.58. The van der Waals surface area contributed by atoms with Crippen LogP contribution in [-0.4, -0.2) is 41.2 Å². The van der Waals surface area contributed by atoms with Gasteiger partial charge in [-0.25, -0.2) is 9.78 Å². The monoisotopic (exact) mass is 528 g/mol. The molecule has 1 amide bonds. The first kappa shape index (κ1) is 27.4. The SMILES string of the molecule is COc1cc(OC2CCC(N(C(=O)C3CCC(C)CC3)c3cc(C(C)(C)C)sc3C(=O)O)CC2)ccn1. The molecule has 4 rings (SSSR count). The summed E-state index contributed by atoms with van der Waals surface area (Å²) >= 11 is 1.30. The maximum atomic E-state index is 14.1. The van der Waals surface area contributed by atoms with Gasteiger partial charge in [-0.3, -0.25) is 4.79 Å². The molecule has 2 heterocycles. The first-order chi connectivity index (χ1) is 17.6. The predicted molar refractivity (Wildman–Crippen MR) is 146 cm³/mol. The van der Waals surface area contributed by atoms with Gasteiger partial charge in [-0.15, -0.1) is 11.3 Å². The van der Waals surface area contributed by atoms with Crippen molar-refractivity contribution in [2.24, 2.45) is 11.8 Å². The molecule has 0 radical (unpaired) electrons. The number of amides is 1. The molecule has 202 valence electrons. The van der Waals surface area contributed by atoms with Crippen molar-refractivity contribution in [3.05, 3.63) is 34.2 Å². The number of ether oxygens (including phenoxy) is 2. The summed E-state index contributed by atoms with van der Waals surface area (Å²) in [6, 6.07) is 5.53. The zero-order chi connectivity index (χ0) is 26.7. The number of pyridine rings is 1. The van der Waals surface area contributed by atoms with Crippen molar-refractivity contribution >= 4 is 28.9 Å². The quantitative estimate of drug-likeness (QED) is 0.430. The average molecular weight is 529 g/mol. The van der Waals surface area contributed by atoms with E-state index in [1.807, 2.05) is 17.0 Å². The van der Waals surface area contributed by atoms with E-state index < -0.39 is 5.97 Å². The lowest BCUT2D eigenvalue weighted by Crippen LogP contribution is -2.47. The maximum absolute atomic E-state index is 14.1. The Morgan fingerprint density at radius 1 is 1.05 bits per heavy atom. The zero-order valence-corrected chi connectivity index (χ0v) is 23.5. The van der Waals surface area contributed by atoms with E-state index in [9.17, 15) is 14.7 Å². The number of anilines is 1. The van der Waals surface area contributed by atoms with Gasteiger partial charge in [0.25, 0.3) is 0 Å². The number of thiophene rings is 1. The summed E-state index contributed by atoms with van der Waals surface area (Å²) in [4.78, 5) is 33.7. The van der Waals surface area contributed by atoms with Crippen LogP contribution in [0.1, 0.15) is 93.6 Å². The Balaban J connectivity index is 1.58. The van der Waals surface area contributed by atoms with Gasteiger partial charge in [-0.05, 0) is 74.8 Å². The molecule has 0 aromatic carbocycles. The number of nitrogens with zero attached hydrogens (tertiary/aromatic N) is 2. The molecule has 0 aliphatic heterocycles. The number of carbonyl (C=O) groups is 2. The van der Waals surface area contributed by atoms with Crippen LogP contribution in [0, 0.1) is 11.8 Å². The van der Waals surface area contributed by atoms with Gasteiger partial charge < -0.3 is 19.5 Å². The Morgan fingerprint density at radius 2 is 1.73 bits per heavy atom. The van der Waals surface area contributed by atoms with Crippen LogP contribution in [0.4, 0.5) is 5.69 Å². The first-order valence-electron chi connectivity index (χ1n) is 13.4. The molecule has 2 aromatic rings. The van der Waals surface area contributed by atoms with Crippen LogP contribution in [0.2, 0.25) is 0 Å². The Labute approximate surface area is 224 Å². The average Bonchev–Trinajstić information content (AvgIpc) is 3.32. The highest BCUT2D eigenvalue weighted by Gasteiger charge is 2.38. The lowest BCUT2D eigenvalue weighted by molar-refractivity contribution is -0.124. The molecule has 37 heavy (non-hydrogen) atoms. The van der Waals surface area contributed by atoms with Gasteiger partial charge in [0.2, 0.25) is 11.8 Å². The Kier molecular flexibility index (Phi) is 8.46. The van der Waals surface area contributed by atoms with E-state index in [4.69, 9.17) is 9.47 Å². The smallest absolute Gasteiger partial charge is 0.348 e. The molecule has 0 saturated heterocycles. The third kappa shape index (κ3) is 6.46. The lowest BCUT2D eigenvalue weighted by Gasteiger charge is -2.39. The molecule has 0 unspecified atom stereocenters. The molecular weight excluding hydrogens is 488 g/mol. The van der Waals surface area contributed by atoms with Crippen LogP contribution < -0.4 is 14.4 Å². The minimum atomic E-state index is -0.964. The van der Waals surface area contributed by atoms with Crippen LogP contribution >= 0.6 is 11.3 Å². The number of carboxylic acids is 1. The highest BCUT2D eigenvalue weighted by molar-refractivity contribution is 7.14. The van der Waals surface area contributed by atoms with Crippen LogP contribution in [0.5, 0.6) is 11.6 Å². The molecule has 2 fully saturated rings. The number of rotatable bonds is 7. The molecule has 0 bridgehead atoms. The number of hydrogen-bond acceptors (Lipinski definition) is 6. The van der Waals surface area contributed by atoms with E-state index in [0.717, 1.165) is 62.0 Å². The standard InChI is InChI=1S/C29H40N2O5S/c1-18-6-8-19(9-7-18)27(32)31(23-17-24(29(2,3)4)37-26(23)28(33)34)20-10-12-21(13-11-20)36-22-14-15-30-25(16-22)35-5/h14-21H,6-13H2,1-5H3,(H,33,34). The van der Waals surface area contributed by atoms with E-state index in [2.05, 4.69) is 32.7 Å². The van der Waals surface area contributed by atoms with Crippen molar-refractivity contribution in [2.45, 2.75) is 96.6 Å². The Bertz CT molecular complexity index is 1090. The highest BCUT2D eigenvalue weighted by Crippen LogP contribution is 2.42. The summed E-state index contributed by atoms with van der Waals surface area (Å²) in [6.07, 6.45) is 8.65. The van der Waals surface area contributed by atoms with Crippen LogP contribution in [0.15, 0.2) is 24.4 Å². The van der Waals surface area contributed by atoms with Crippen molar-refractivity contribution in [3.8, 4) is 11.6 Å². The summed E-state index contributed by atoms with van der Waals surface area (Å²) in [5.74, 6) is 0.956. The van der Waals surface area contributed by atoms with Crippen molar-refractivity contribution in [1.82, 2.24) is 4.98 Å². The number of hydrogen-bond donors (Lipinski definition) is 1. The second-order valence-corrected chi connectivity index (χ2v) is 12.7. The Morgan fingerprint density at radius 3 is 2.32 bits per heavy atom. The molecular formula is C29H40N2O5S. The van der Waals surface area contributed by atoms with Crippen molar-refractivity contribution in [1.29, 1.82) is 0 Å². The van der Waals surface area contributed by atoms with Crippen LogP contribution in [0.3, 0.4) is 0 Å². The predicted octanol–water partition coefficient (Wildman–Crippen LogP) is 6.70. The van der Waals surface area contributed by atoms with E-state index in [-0.39, 0.29) is 34.3 Å². The number of aromatic carboxylic acids is 1. The molecule has 2 saturated carbocycles. The molecule has 1 N–H and O–H groups in total. The molecule has 2 aromatic heterocycles. The van der Waals surface area contributed by atoms with E-state index >= 15 is 0 Å². The third-order valence-corrected chi connectivity index (χ3v) is 9.27. The van der Waals surface area contributed by atoms with Gasteiger partial charge in [0.15, 0.2) is 0 Å². The molecule has 7 nitrogen and oxygen atoms in total. The minimum absolute atomic E-state index is 0.0300. The van der Waals surface area contributed by atoms with Crippen LogP contribution in [-0.2, 0) is 10.2 Å². The zero-order valence-electron chi connectivity index (χ0n) is 22.7. The van der Waals surface area contributed by atoms with Gasteiger partial charge in [0, 0.05) is 29.1 Å². The van der Waals surface area contributed by atoms with E-state index in [1.54, 1.807) is 19.4 Å². The largest absolute Gasteiger partial charge is 0.490 e. The number of carbonyl (C=O) groups excluding carboxylic acids is 1. The summed E-state index contributed by atoms with van der Waals surface area (Å²) in [6.45, 7) is 8.49. The van der Waals surface area contributed by atoms with E-state index in [1.165, 1.54) is 11.3 Å². The number of aromatic nitrogens is 1. The van der Waals surface area contributed by atoms with Gasteiger partial charge in [0.1, 0.15) is 10.6 Å². The maximum Gasteiger partial charge on any atom is 0.348 e.